The smallest absolute Gasteiger partial charge is 0.123 e. The first-order chi connectivity index (χ1) is 7.54. The summed E-state index contributed by atoms with van der Waals surface area (Å²) in [6.07, 6.45) is 0. The van der Waals surface area contributed by atoms with Crippen LogP contribution in [0.25, 0.3) is 0 Å². The van der Waals surface area contributed by atoms with Crippen molar-refractivity contribution in [2.24, 2.45) is 9.98 Å². The van der Waals surface area contributed by atoms with Gasteiger partial charge < -0.3 is 0 Å². The predicted octanol–water partition coefficient (Wildman–Crippen LogP) is 3.11. The maximum Gasteiger partial charge on any atom is 0.123 e. The molecule has 0 spiro atoms. The third-order valence-corrected chi connectivity index (χ3v) is 2.14. The monoisotopic (exact) mass is 220 g/mol. The highest BCUT2D eigenvalue weighted by molar-refractivity contribution is 6.47. The van der Waals surface area contributed by atoms with Crippen molar-refractivity contribution in [1.82, 2.24) is 0 Å². The average molecular weight is 220 g/mol. The van der Waals surface area contributed by atoms with Crippen molar-refractivity contribution in [3.8, 4) is 0 Å². The van der Waals surface area contributed by atoms with Crippen molar-refractivity contribution < 1.29 is 4.39 Å². The number of aliphatic imine (C=N–C) groups is 2. The number of hydrogen-bond donors (Lipinski definition) is 0. The number of hydrogen-bond acceptors (Lipinski definition) is 2. The van der Waals surface area contributed by atoms with Crippen LogP contribution < -0.4 is 0 Å². The third-order valence-electron chi connectivity index (χ3n) is 2.14. The summed E-state index contributed by atoms with van der Waals surface area (Å²) in [6, 6.07) is 6.54. The zero-order chi connectivity index (χ0) is 12.1. The first-order valence-electron chi connectivity index (χ1n) is 5.32. The lowest BCUT2D eigenvalue weighted by Gasteiger charge is -2.07. The zero-order valence-electron chi connectivity index (χ0n) is 10.2. The Hall–Kier alpha value is -1.51. The molecule has 0 amide bonds. The molecule has 0 aromatic heterocycles. The zero-order valence-corrected chi connectivity index (χ0v) is 10.2. The molecule has 86 valence electrons. The summed E-state index contributed by atoms with van der Waals surface area (Å²) in [4.78, 5) is 8.64. The molecule has 3 heteroatoms. The Kier molecular flexibility index (Phi) is 4.35. The van der Waals surface area contributed by atoms with Crippen LogP contribution >= 0.6 is 0 Å². The SMILES string of the molecule is CN=C(C(C)=NC(C)C)c1ccc(F)cc1. The van der Waals surface area contributed by atoms with E-state index in [0.717, 1.165) is 17.0 Å². The van der Waals surface area contributed by atoms with Gasteiger partial charge >= 0.3 is 0 Å². The minimum absolute atomic E-state index is 0.234. The van der Waals surface area contributed by atoms with Crippen molar-refractivity contribution in [3.63, 3.8) is 0 Å². The van der Waals surface area contributed by atoms with Crippen LogP contribution in [-0.4, -0.2) is 24.5 Å². The molecule has 0 saturated heterocycles. The van der Waals surface area contributed by atoms with Crippen molar-refractivity contribution in [3.05, 3.63) is 35.6 Å². The van der Waals surface area contributed by atoms with Gasteiger partial charge in [-0.1, -0.05) is 0 Å². The topological polar surface area (TPSA) is 24.7 Å². The predicted molar refractivity (Wildman–Crippen MR) is 67.1 cm³/mol. The van der Waals surface area contributed by atoms with Crippen molar-refractivity contribution in [2.45, 2.75) is 26.8 Å². The van der Waals surface area contributed by atoms with Crippen LogP contribution in [0.2, 0.25) is 0 Å². The molecule has 0 atom stereocenters. The maximum absolute atomic E-state index is 12.8. The van der Waals surface area contributed by atoms with Crippen LogP contribution in [-0.2, 0) is 0 Å². The molecule has 16 heavy (non-hydrogen) atoms. The van der Waals surface area contributed by atoms with Gasteiger partial charge in [0.2, 0.25) is 0 Å². The standard InChI is InChI=1S/C13H17FN2/c1-9(2)16-10(3)13(15-4)11-5-7-12(14)8-6-11/h5-9H,1-4H3. The van der Waals surface area contributed by atoms with E-state index in [2.05, 4.69) is 9.98 Å². The van der Waals surface area contributed by atoms with Gasteiger partial charge in [0.1, 0.15) is 5.82 Å². The Morgan fingerprint density at radius 3 is 2.19 bits per heavy atom. The van der Waals surface area contributed by atoms with E-state index in [9.17, 15) is 4.39 Å². The molecular weight excluding hydrogens is 203 g/mol. The number of nitrogens with zero attached hydrogens (tertiary/aromatic N) is 2. The summed E-state index contributed by atoms with van der Waals surface area (Å²) in [6.45, 7) is 5.95. The van der Waals surface area contributed by atoms with Gasteiger partial charge in [-0.15, -0.1) is 0 Å². The van der Waals surface area contributed by atoms with Gasteiger partial charge in [0.05, 0.1) is 11.4 Å². The molecule has 0 bridgehead atoms. The molecule has 0 aliphatic heterocycles. The fourth-order valence-corrected chi connectivity index (χ4v) is 1.56. The lowest BCUT2D eigenvalue weighted by Crippen LogP contribution is -2.14. The molecular formula is C13H17FN2. The molecule has 0 heterocycles. The lowest BCUT2D eigenvalue weighted by atomic mass is 10.1. The molecule has 2 nitrogen and oxygen atoms in total. The van der Waals surface area contributed by atoms with Crippen LogP contribution in [0.5, 0.6) is 0 Å². The highest BCUT2D eigenvalue weighted by Gasteiger charge is 2.07. The van der Waals surface area contributed by atoms with E-state index in [1.807, 2.05) is 20.8 Å². The number of halogens is 1. The van der Waals surface area contributed by atoms with Crippen molar-refractivity contribution in [1.29, 1.82) is 0 Å². The van der Waals surface area contributed by atoms with Gasteiger partial charge in [-0.2, -0.15) is 0 Å². The largest absolute Gasteiger partial charge is 0.286 e. The van der Waals surface area contributed by atoms with E-state index in [0.29, 0.717) is 0 Å². The second-order valence-electron chi connectivity index (χ2n) is 3.89. The number of benzene rings is 1. The lowest BCUT2D eigenvalue weighted by molar-refractivity contribution is 0.628. The fraction of sp³-hybridized carbons (Fsp3) is 0.385. The molecule has 1 aromatic rings. The van der Waals surface area contributed by atoms with Crippen LogP contribution in [0.1, 0.15) is 26.3 Å². The molecule has 1 aromatic carbocycles. The second kappa shape index (κ2) is 5.54. The summed E-state index contributed by atoms with van der Waals surface area (Å²) >= 11 is 0. The van der Waals surface area contributed by atoms with E-state index >= 15 is 0 Å². The quantitative estimate of drug-likeness (QED) is 0.699. The summed E-state index contributed by atoms with van der Waals surface area (Å²) < 4.78 is 12.8. The summed E-state index contributed by atoms with van der Waals surface area (Å²) in [5.74, 6) is -0.238. The van der Waals surface area contributed by atoms with Crippen LogP contribution in [0.4, 0.5) is 4.39 Å². The molecule has 0 N–H and O–H groups in total. The molecule has 0 aliphatic rings. The van der Waals surface area contributed by atoms with Gasteiger partial charge in [-0.05, 0) is 45.0 Å². The summed E-state index contributed by atoms with van der Waals surface area (Å²) in [5.41, 5.74) is 2.59. The second-order valence-corrected chi connectivity index (χ2v) is 3.89. The first-order valence-corrected chi connectivity index (χ1v) is 5.32. The highest BCUT2D eigenvalue weighted by atomic mass is 19.1. The third kappa shape index (κ3) is 3.26. The highest BCUT2D eigenvalue weighted by Crippen LogP contribution is 2.06. The minimum Gasteiger partial charge on any atom is -0.286 e. The van der Waals surface area contributed by atoms with Gasteiger partial charge in [-0.25, -0.2) is 4.39 Å². The Morgan fingerprint density at radius 2 is 1.75 bits per heavy atom. The van der Waals surface area contributed by atoms with E-state index in [4.69, 9.17) is 0 Å². The fourth-order valence-electron chi connectivity index (χ4n) is 1.56. The van der Waals surface area contributed by atoms with E-state index < -0.39 is 0 Å². The molecule has 0 saturated carbocycles. The van der Waals surface area contributed by atoms with Gasteiger partial charge in [0, 0.05) is 18.7 Å². The van der Waals surface area contributed by atoms with E-state index in [1.54, 1.807) is 19.2 Å². The molecule has 0 unspecified atom stereocenters. The maximum atomic E-state index is 12.8. The summed E-state index contributed by atoms with van der Waals surface area (Å²) in [7, 11) is 1.72. The Labute approximate surface area is 95.9 Å². The number of rotatable bonds is 3. The van der Waals surface area contributed by atoms with Crippen LogP contribution in [0.3, 0.4) is 0 Å². The average Bonchev–Trinajstić information content (AvgIpc) is 2.21. The first kappa shape index (κ1) is 12.6. The van der Waals surface area contributed by atoms with Gasteiger partial charge in [-0.3, -0.25) is 9.98 Å². The van der Waals surface area contributed by atoms with Crippen molar-refractivity contribution >= 4 is 11.4 Å². The van der Waals surface area contributed by atoms with Gasteiger partial charge in [0.25, 0.3) is 0 Å². The normalized spacial score (nSPS) is 13.4. The van der Waals surface area contributed by atoms with Crippen LogP contribution in [0.15, 0.2) is 34.3 Å². The van der Waals surface area contributed by atoms with Crippen molar-refractivity contribution in [2.75, 3.05) is 7.05 Å². The molecule has 0 fully saturated rings. The van der Waals surface area contributed by atoms with E-state index in [1.165, 1.54) is 12.1 Å². The summed E-state index contributed by atoms with van der Waals surface area (Å²) in [5, 5.41) is 0. The molecule has 0 radical (unpaired) electrons. The van der Waals surface area contributed by atoms with E-state index in [-0.39, 0.29) is 11.9 Å². The molecule has 0 aliphatic carbocycles. The Bertz CT molecular complexity index is 402. The molecule has 1 rings (SSSR count). The van der Waals surface area contributed by atoms with Gasteiger partial charge in [0.15, 0.2) is 0 Å². The minimum atomic E-state index is -0.238. The Balaban J connectivity index is 3.05. The Morgan fingerprint density at radius 1 is 1.19 bits per heavy atom. The van der Waals surface area contributed by atoms with Crippen LogP contribution in [0, 0.1) is 5.82 Å².